The number of benzene rings is 2. The molecule has 3 heteroatoms. The van der Waals surface area contributed by atoms with Crippen molar-refractivity contribution in [2.24, 2.45) is 0 Å². The molecule has 0 saturated carbocycles. The van der Waals surface area contributed by atoms with E-state index in [0.29, 0.717) is 0 Å². The van der Waals surface area contributed by atoms with Crippen molar-refractivity contribution < 1.29 is 9.52 Å². The predicted molar refractivity (Wildman–Crippen MR) is 66.9 cm³/mol. The first-order chi connectivity index (χ1) is 7.78. The molecule has 3 aromatic rings. The maximum Gasteiger partial charge on any atom is 0.136 e. The molecule has 80 valence electrons. The molecule has 0 unspecified atom stereocenters. The molecule has 0 aliphatic rings. The van der Waals surface area contributed by atoms with Crippen molar-refractivity contribution in [1.29, 1.82) is 0 Å². The first kappa shape index (κ1) is 9.75. The highest BCUT2D eigenvalue weighted by Crippen LogP contribution is 2.30. The minimum Gasteiger partial charge on any atom is -0.456 e. The Morgan fingerprint density at radius 3 is 2.44 bits per heavy atom. The Morgan fingerprint density at radius 1 is 1.00 bits per heavy atom. The van der Waals surface area contributed by atoms with Crippen molar-refractivity contribution in [1.82, 2.24) is 0 Å². The van der Waals surface area contributed by atoms with Crippen molar-refractivity contribution in [2.45, 2.75) is 11.5 Å². The number of fused-ring (bicyclic) bond motifs is 3. The van der Waals surface area contributed by atoms with Gasteiger partial charge in [0.15, 0.2) is 0 Å². The van der Waals surface area contributed by atoms with Crippen LogP contribution in [0.4, 0.5) is 0 Å². The Labute approximate surface area is 97.9 Å². The summed E-state index contributed by atoms with van der Waals surface area (Å²) in [6, 6.07) is 11.6. The van der Waals surface area contributed by atoms with Crippen LogP contribution < -0.4 is 0 Å². The number of aliphatic hydroxyl groups is 1. The van der Waals surface area contributed by atoms with Crippen LogP contribution in [0, 0.1) is 0 Å². The fourth-order valence-corrected chi connectivity index (χ4v) is 2.10. The van der Waals surface area contributed by atoms with Crippen LogP contribution >= 0.6 is 12.6 Å². The van der Waals surface area contributed by atoms with Gasteiger partial charge in [0.05, 0.1) is 6.61 Å². The molecule has 0 spiro atoms. The number of rotatable bonds is 1. The first-order valence-corrected chi connectivity index (χ1v) is 5.47. The highest BCUT2D eigenvalue weighted by atomic mass is 32.1. The normalized spacial score (nSPS) is 11.4. The average Bonchev–Trinajstić information content (AvgIpc) is 2.64. The Bertz CT molecular complexity index is 670. The lowest BCUT2D eigenvalue weighted by Crippen LogP contribution is -1.80. The molecule has 0 aliphatic heterocycles. The zero-order chi connectivity index (χ0) is 11.1. The first-order valence-electron chi connectivity index (χ1n) is 5.03. The van der Waals surface area contributed by atoms with Gasteiger partial charge in [-0.3, -0.25) is 0 Å². The largest absolute Gasteiger partial charge is 0.456 e. The van der Waals surface area contributed by atoms with E-state index >= 15 is 0 Å². The highest BCUT2D eigenvalue weighted by molar-refractivity contribution is 7.80. The summed E-state index contributed by atoms with van der Waals surface area (Å²) in [6.07, 6.45) is 0. The number of furan rings is 1. The van der Waals surface area contributed by atoms with Crippen LogP contribution in [0.15, 0.2) is 45.7 Å². The van der Waals surface area contributed by atoms with Gasteiger partial charge in [-0.2, -0.15) is 0 Å². The SMILES string of the molecule is OCc1ccc2c(c1)oc1cc(S)ccc12. The van der Waals surface area contributed by atoms with Gasteiger partial charge in [-0.05, 0) is 29.8 Å². The number of hydrogen-bond acceptors (Lipinski definition) is 3. The van der Waals surface area contributed by atoms with Gasteiger partial charge < -0.3 is 9.52 Å². The van der Waals surface area contributed by atoms with Gasteiger partial charge in [-0.15, -0.1) is 12.6 Å². The molecule has 1 N–H and O–H groups in total. The Balaban J connectivity index is 2.40. The fraction of sp³-hybridized carbons (Fsp3) is 0.0769. The Morgan fingerprint density at radius 2 is 1.69 bits per heavy atom. The molecule has 2 nitrogen and oxygen atoms in total. The van der Waals surface area contributed by atoms with Gasteiger partial charge in [0.2, 0.25) is 0 Å². The molecule has 0 atom stereocenters. The smallest absolute Gasteiger partial charge is 0.136 e. The predicted octanol–water partition coefficient (Wildman–Crippen LogP) is 3.37. The molecule has 0 amide bonds. The molecule has 0 radical (unpaired) electrons. The van der Waals surface area contributed by atoms with Crippen molar-refractivity contribution in [3.63, 3.8) is 0 Å². The summed E-state index contributed by atoms with van der Waals surface area (Å²) in [5.74, 6) is 0. The molecular formula is C13H10O2S. The monoisotopic (exact) mass is 230 g/mol. The van der Waals surface area contributed by atoms with Crippen LogP contribution in [0.5, 0.6) is 0 Å². The Kier molecular flexibility index (Phi) is 2.16. The van der Waals surface area contributed by atoms with Gasteiger partial charge >= 0.3 is 0 Å². The minimum absolute atomic E-state index is 0.0325. The quantitative estimate of drug-likeness (QED) is 0.628. The van der Waals surface area contributed by atoms with Gasteiger partial charge in [-0.1, -0.05) is 12.1 Å². The maximum atomic E-state index is 9.06. The summed E-state index contributed by atoms with van der Waals surface area (Å²) in [5, 5.41) is 11.2. The molecule has 1 aromatic heterocycles. The molecule has 16 heavy (non-hydrogen) atoms. The van der Waals surface area contributed by atoms with E-state index in [2.05, 4.69) is 12.6 Å². The molecule has 0 fully saturated rings. The summed E-state index contributed by atoms with van der Waals surface area (Å²) in [6.45, 7) is 0.0325. The molecule has 2 aromatic carbocycles. The maximum absolute atomic E-state index is 9.06. The average molecular weight is 230 g/mol. The second-order valence-corrected chi connectivity index (χ2v) is 4.29. The summed E-state index contributed by atoms with van der Waals surface area (Å²) in [5.41, 5.74) is 2.50. The molecule has 0 aliphatic carbocycles. The molecule has 0 saturated heterocycles. The second-order valence-electron chi connectivity index (χ2n) is 3.77. The van der Waals surface area contributed by atoms with Crippen LogP contribution in [0.2, 0.25) is 0 Å². The van der Waals surface area contributed by atoms with E-state index in [9.17, 15) is 0 Å². The molecular weight excluding hydrogens is 220 g/mol. The van der Waals surface area contributed by atoms with E-state index in [1.165, 1.54) is 0 Å². The van der Waals surface area contributed by atoms with E-state index in [4.69, 9.17) is 9.52 Å². The minimum atomic E-state index is 0.0325. The van der Waals surface area contributed by atoms with Gasteiger partial charge in [-0.25, -0.2) is 0 Å². The van der Waals surface area contributed by atoms with Crippen LogP contribution in [0.3, 0.4) is 0 Å². The highest BCUT2D eigenvalue weighted by Gasteiger charge is 2.07. The van der Waals surface area contributed by atoms with Crippen LogP contribution in [0.25, 0.3) is 21.9 Å². The standard InChI is InChI=1S/C13H10O2S/c14-7-8-1-3-10-11-4-2-9(16)6-13(11)15-12(10)5-8/h1-6,14,16H,7H2. The van der Waals surface area contributed by atoms with Gasteiger partial charge in [0.25, 0.3) is 0 Å². The summed E-state index contributed by atoms with van der Waals surface area (Å²) >= 11 is 4.28. The number of aliphatic hydroxyl groups excluding tert-OH is 1. The number of hydrogen-bond donors (Lipinski definition) is 2. The summed E-state index contributed by atoms with van der Waals surface area (Å²) in [4.78, 5) is 0.883. The number of thiol groups is 1. The van der Waals surface area contributed by atoms with Gasteiger partial charge in [0.1, 0.15) is 11.2 Å². The topological polar surface area (TPSA) is 33.4 Å². The lowest BCUT2D eigenvalue weighted by atomic mass is 10.1. The van der Waals surface area contributed by atoms with E-state index in [-0.39, 0.29) is 6.61 Å². The van der Waals surface area contributed by atoms with E-state index in [0.717, 1.165) is 32.4 Å². The third-order valence-corrected chi connectivity index (χ3v) is 2.98. The van der Waals surface area contributed by atoms with Crippen LogP contribution in [-0.2, 0) is 6.61 Å². The third-order valence-electron chi connectivity index (χ3n) is 2.70. The van der Waals surface area contributed by atoms with Crippen LogP contribution in [0.1, 0.15) is 5.56 Å². The molecule has 0 bridgehead atoms. The third kappa shape index (κ3) is 1.40. The van der Waals surface area contributed by atoms with Crippen molar-refractivity contribution in [3.8, 4) is 0 Å². The summed E-state index contributed by atoms with van der Waals surface area (Å²) < 4.78 is 5.72. The van der Waals surface area contributed by atoms with E-state index in [1.807, 2.05) is 36.4 Å². The van der Waals surface area contributed by atoms with Crippen molar-refractivity contribution in [2.75, 3.05) is 0 Å². The summed E-state index contributed by atoms with van der Waals surface area (Å²) in [7, 11) is 0. The van der Waals surface area contributed by atoms with E-state index < -0.39 is 0 Å². The fourth-order valence-electron chi connectivity index (χ4n) is 1.91. The molecule has 3 rings (SSSR count). The zero-order valence-corrected chi connectivity index (χ0v) is 9.37. The van der Waals surface area contributed by atoms with Crippen molar-refractivity contribution in [3.05, 3.63) is 42.0 Å². The lowest BCUT2D eigenvalue weighted by molar-refractivity contribution is 0.282. The van der Waals surface area contributed by atoms with Gasteiger partial charge in [0, 0.05) is 15.7 Å². The van der Waals surface area contributed by atoms with Crippen LogP contribution in [-0.4, -0.2) is 5.11 Å². The Hall–Kier alpha value is -1.45. The van der Waals surface area contributed by atoms with Crippen molar-refractivity contribution >= 4 is 34.6 Å². The molecule has 1 heterocycles. The zero-order valence-electron chi connectivity index (χ0n) is 8.47. The lowest BCUT2D eigenvalue weighted by Gasteiger charge is -1.94. The van der Waals surface area contributed by atoms with E-state index in [1.54, 1.807) is 0 Å². The second kappa shape index (κ2) is 3.54.